The van der Waals surface area contributed by atoms with Gasteiger partial charge in [-0.15, -0.1) is 0 Å². The maximum Gasteiger partial charge on any atom is 0.231 e. The Bertz CT molecular complexity index is 1180. The highest BCUT2D eigenvalue weighted by Crippen LogP contribution is 2.38. The predicted octanol–water partition coefficient (Wildman–Crippen LogP) is 2.59. The van der Waals surface area contributed by atoms with Crippen LogP contribution in [-0.2, 0) is 15.9 Å². The quantitative estimate of drug-likeness (QED) is 0.294. The molecule has 0 amide bonds. The van der Waals surface area contributed by atoms with Crippen molar-refractivity contribution in [3.8, 4) is 0 Å². The maximum atomic E-state index is 10.5. The minimum absolute atomic E-state index is 0.252. The number of aliphatic hydroxyl groups excluding tert-OH is 4. The lowest BCUT2D eigenvalue weighted by molar-refractivity contribution is -0.281. The Labute approximate surface area is 256 Å². The molecule has 0 saturated carbocycles. The summed E-state index contributed by atoms with van der Waals surface area (Å²) in [6.07, 6.45) is 4.84. The Morgan fingerprint density at radius 1 is 1.14 bits per heavy atom. The van der Waals surface area contributed by atoms with Gasteiger partial charge in [-0.05, 0) is 92.3 Å². The van der Waals surface area contributed by atoms with Crippen molar-refractivity contribution in [2.24, 2.45) is 16.3 Å². The molecule has 0 bridgehead atoms. The molecule has 4 aliphatic rings. The first kappa shape index (κ1) is 32.3. The van der Waals surface area contributed by atoms with Crippen LogP contribution in [0.3, 0.4) is 0 Å². The number of aliphatic hydroxyl groups is 4. The lowest BCUT2D eigenvalue weighted by Gasteiger charge is -2.45. The Balaban J connectivity index is 1.20. The molecule has 1 aromatic rings. The first-order valence-corrected chi connectivity index (χ1v) is 16.1. The number of benzene rings is 1. The van der Waals surface area contributed by atoms with Gasteiger partial charge in [-0.3, -0.25) is 0 Å². The number of rotatable bonds is 9. The minimum atomic E-state index is -1.50. The van der Waals surface area contributed by atoms with Crippen LogP contribution in [0.25, 0.3) is 6.08 Å². The first-order chi connectivity index (χ1) is 20.7. The van der Waals surface area contributed by atoms with Gasteiger partial charge in [0.1, 0.15) is 24.4 Å². The van der Waals surface area contributed by atoms with Gasteiger partial charge in [-0.1, -0.05) is 44.2 Å². The average Bonchev–Trinajstić information content (AvgIpc) is 3.39. The summed E-state index contributed by atoms with van der Waals surface area (Å²) in [6, 6.07) is 6.54. The second kappa shape index (κ2) is 14.3. The Hall–Kier alpha value is -2.11. The summed E-state index contributed by atoms with van der Waals surface area (Å²) in [4.78, 5) is 7.27. The molecule has 4 heterocycles. The fourth-order valence-corrected chi connectivity index (χ4v) is 7.14. The molecule has 43 heavy (non-hydrogen) atoms. The van der Waals surface area contributed by atoms with E-state index < -0.39 is 37.3 Å². The number of piperidine rings is 2. The van der Waals surface area contributed by atoms with Crippen molar-refractivity contribution in [1.82, 2.24) is 10.2 Å². The van der Waals surface area contributed by atoms with E-state index in [1.165, 1.54) is 63.0 Å². The molecule has 0 unspecified atom stereocenters. The molecule has 0 radical (unpaired) electrons. The normalized spacial score (nSPS) is 30.0. The van der Waals surface area contributed by atoms with Crippen LogP contribution in [0.15, 0.2) is 40.4 Å². The summed E-state index contributed by atoms with van der Waals surface area (Å²) >= 11 is 0. The fraction of sp³-hybridized carbons (Fsp3) is 0.676. The Morgan fingerprint density at radius 3 is 2.65 bits per heavy atom. The molecular formula is C34H51N3O6. The van der Waals surface area contributed by atoms with Crippen LogP contribution in [0.4, 0.5) is 0 Å². The lowest BCUT2D eigenvalue weighted by Crippen LogP contribution is -2.59. The third-order valence-corrected chi connectivity index (χ3v) is 9.87. The van der Waals surface area contributed by atoms with Crippen molar-refractivity contribution in [2.45, 2.75) is 90.0 Å². The van der Waals surface area contributed by atoms with Crippen LogP contribution >= 0.6 is 0 Å². The van der Waals surface area contributed by atoms with E-state index in [1.54, 1.807) is 0 Å². The van der Waals surface area contributed by atoms with Crippen LogP contribution in [0.1, 0.15) is 62.6 Å². The van der Waals surface area contributed by atoms with Gasteiger partial charge in [0, 0.05) is 25.1 Å². The summed E-state index contributed by atoms with van der Waals surface area (Å²) in [5.74, 6) is 0.627. The minimum Gasteiger partial charge on any atom is -0.445 e. The van der Waals surface area contributed by atoms with Crippen molar-refractivity contribution in [3.63, 3.8) is 0 Å². The summed E-state index contributed by atoms with van der Waals surface area (Å²) < 4.78 is 11.6. The first-order valence-electron chi connectivity index (χ1n) is 16.1. The van der Waals surface area contributed by atoms with E-state index >= 15 is 0 Å². The van der Waals surface area contributed by atoms with Gasteiger partial charge in [0.05, 0.1) is 13.2 Å². The van der Waals surface area contributed by atoms with Crippen molar-refractivity contribution in [3.05, 3.63) is 52.1 Å². The van der Waals surface area contributed by atoms with Gasteiger partial charge in [-0.25, -0.2) is 4.99 Å². The molecule has 3 saturated heterocycles. The molecular weight excluding hydrogens is 546 g/mol. The highest BCUT2D eigenvalue weighted by molar-refractivity contribution is 5.97. The predicted molar refractivity (Wildman–Crippen MR) is 168 cm³/mol. The average molecular weight is 598 g/mol. The van der Waals surface area contributed by atoms with E-state index in [-0.39, 0.29) is 5.92 Å². The Kier molecular flexibility index (Phi) is 10.8. The van der Waals surface area contributed by atoms with Crippen LogP contribution < -0.4 is 5.32 Å². The standard InChI is InChI=1S/C34H51N3O6/c1-22(2)27-19-36-32(43-33-31(41)30(40)29(39)28(20-38)42-33)26(27)18-25-9-8-24(17-23(25)3)7-4-5-15-37-16-6-10-34(21-37)11-13-35-14-12-34/h4,7-9,17,22,28-31,33,35,38-41H,5-6,10-16,18-21H2,1-3H3/b7-4+/t28-,29-,30+,31-,33+/m1/s1. The number of ether oxygens (including phenoxy) is 2. The SMILES string of the molecule is Cc1cc(/C=C/CCN2CCCC3(CCNCC3)C2)ccc1CC1=C(C(C)C)CN=C1O[C@@H]1O[C@H](CO)[C@@H](O)[C@H](O)[C@H]1O. The van der Waals surface area contributed by atoms with E-state index in [4.69, 9.17) is 9.47 Å². The molecule has 4 aliphatic heterocycles. The molecule has 9 heteroatoms. The number of nitrogens with one attached hydrogen (secondary N) is 1. The number of aryl methyl sites for hydroxylation is 1. The van der Waals surface area contributed by atoms with Gasteiger partial charge < -0.3 is 40.1 Å². The second-order valence-corrected chi connectivity index (χ2v) is 13.3. The Morgan fingerprint density at radius 2 is 1.93 bits per heavy atom. The summed E-state index contributed by atoms with van der Waals surface area (Å²) in [5.41, 5.74) is 6.18. The lowest BCUT2D eigenvalue weighted by atomic mass is 9.73. The smallest absolute Gasteiger partial charge is 0.231 e. The molecule has 3 fully saturated rings. The van der Waals surface area contributed by atoms with Crippen molar-refractivity contribution in [2.75, 3.05) is 45.9 Å². The molecule has 5 rings (SSSR count). The molecule has 1 aromatic carbocycles. The van der Waals surface area contributed by atoms with E-state index in [1.807, 2.05) is 0 Å². The van der Waals surface area contributed by atoms with Gasteiger partial charge in [-0.2, -0.15) is 0 Å². The van der Waals surface area contributed by atoms with Gasteiger partial charge >= 0.3 is 0 Å². The number of hydrogen-bond acceptors (Lipinski definition) is 9. The maximum absolute atomic E-state index is 10.5. The topological polar surface area (TPSA) is 127 Å². The zero-order chi connectivity index (χ0) is 30.6. The molecule has 238 valence electrons. The molecule has 5 atom stereocenters. The van der Waals surface area contributed by atoms with Gasteiger partial charge in [0.2, 0.25) is 12.2 Å². The highest BCUT2D eigenvalue weighted by Gasteiger charge is 2.45. The van der Waals surface area contributed by atoms with Crippen LogP contribution in [0.5, 0.6) is 0 Å². The van der Waals surface area contributed by atoms with E-state index in [2.05, 4.69) is 66.3 Å². The second-order valence-electron chi connectivity index (χ2n) is 13.3. The largest absolute Gasteiger partial charge is 0.445 e. The fourth-order valence-electron chi connectivity index (χ4n) is 7.14. The summed E-state index contributed by atoms with van der Waals surface area (Å²) in [7, 11) is 0. The molecule has 9 nitrogen and oxygen atoms in total. The zero-order valence-electron chi connectivity index (χ0n) is 26.0. The molecule has 0 aromatic heterocycles. The van der Waals surface area contributed by atoms with Crippen LogP contribution in [-0.4, -0.2) is 108 Å². The van der Waals surface area contributed by atoms with Crippen molar-refractivity contribution < 1.29 is 29.9 Å². The monoisotopic (exact) mass is 597 g/mol. The zero-order valence-corrected chi connectivity index (χ0v) is 26.0. The summed E-state index contributed by atoms with van der Waals surface area (Å²) in [5, 5.41) is 43.9. The third kappa shape index (κ3) is 7.59. The van der Waals surface area contributed by atoms with E-state index in [9.17, 15) is 20.4 Å². The van der Waals surface area contributed by atoms with Gasteiger partial charge in [0.15, 0.2) is 0 Å². The van der Waals surface area contributed by atoms with E-state index in [0.29, 0.717) is 24.3 Å². The van der Waals surface area contributed by atoms with E-state index in [0.717, 1.165) is 29.7 Å². The number of nitrogens with zero attached hydrogens (tertiary/aromatic N) is 2. The third-order valence-electron chi connectivity index (χ3n) is 9.87. The van der Waals surface area contributed by atoms with Crippen LogP contribution in [0.2, 0.25) is 0 Å². The molecule has 0 aliphatic carbocycles. The number of aliphatic imine (C=N–C) groups is 1. The highest BCUT2D eigenvalue weighted by atomic mass is 16.7. The molecule has 1 spiro atoms. The summed E-state index contributed by atoms with van der Waals surface area (Å²) in [6.45, 7) is 12.3. The number of hydrogen-bond donors (Lipinski definition) is 5. The van der Waals surface area contributed by atoms with Gasteiger partial charge in [0.25, 0.3) is 0 Å². The van der Waals surface area contributed by atoms with Crippen molar-refractivity contribution in [1.29, 1.82) is 0 Å². The van der Waals surface area contributed by atoms with Crippen LogP contribution in [0, 0.1) is 18.3 Å². The van der Waals surface area contributed by atoms with Crippen molar-refractivity contribution >= 4 is 12.0 Å². The number of likely N-dealkylation sites (tertiary alicyclic amines) is 1. The molecule has 5 N–H and O–H groups in total.